The zero-order valence-electron chi connectivity index (χ0n) is 37.9. The highest BCUT2D eigenvalue weighted by Gasteiger charge is 2.44. The lowest BCUT2D eigenvalue weighted by molar-refractivity contribution is 0.0902. The number of aromatic nitrogens is 6. The Kier molecular flexibility index (Phi) is 17.0. The van der Waals surface area contributed by atoms with Crippen LogP contribution in [-0.4, -0.2) is 66.1 Å². The molecule has 11 nitrogen and oxygen atoms in total. The van der Waals surface area contributed by atoms with Gasteiger partial charge in [0.1, 0.15) is 35.6 Å². The fraction of sp³-hybridized carbons (Fsp3) is 0.377. The average molecular weight is 879 g/mol. The summed E-state index contributed by atoms with van der Waals surface area (Å²) in [5, 5.41) is 8.89. The van der Waals surface area contributed by atoms with Crippen molar-refractivity contribution in [1.29, 1.82) is 0 Å². The van der Waals surface area contributed by atoms with Gasteiger partial charge in [-0.3, -0.25) is 14.4 Å². The van der Waals surface area contributed by atoms with E-state index in [-0.39, 0.29) is 34.0 Å². The first-order valence-corrected chi connectivity index (χ1v) is 22.6. The van der Waals surface area contributed by atoms with Gasteiger partial charge in [-0.05, 0) is 73.9 Å². The van der Waals surface area contributed by atoms with E-state index in [2.05, 4.69) is 67.2 Å². The van der Waals surface area contributed by atoms with Crippen molar-refractivity contribution in [2.24, 2.45) is 0 Å². The smallest absolute Gasteiger partial charge is 0.191 e. The van der Waals surface area contributed by atoms with E-state index in [1.54, 1.807) is 44.0 Å². The molecule has 0 spiro atoms. The molecule has 0 atom stereocenters. The number of hydrogen-bond donors (Lipinski definition) is 1. The number of ketones is 3. The van der Waals surface area contributed by atoms with Gasteiger partial charge in [0.25, 0.3) is 0 Å². The second kappa shape index (κ2) is 23.0. The van der Waals surface area contributed by atoms with E-state index in [0.29, 0.717) is 41.8 Å². The number of methoxy groups -OCH3 is 1. The summed E-state index contributed by atoms with van der Waals surface area (Å²) in [5.41, 5.74) is 6.30. The summed E-state index contributed by atoms with van der Waals surface area (Å²) in [7, 11) is 1.68. The highest BCUT2D eigenvalue weighted by molar-refractivity contribution is 5.96. The van der Waals surface area contributed by atoms with Gasteiger partial charge in [-0.2, -0.15) is 0 Å². The average Bonchev–Trinajstić information content (AvgIpc) is 4.14. The zero-order chi connectivity index (χ0) is 46.2. The molecule has 3 aromatic heterocycles. The number of halogens is 1. The van der Waals surface area contributed by atoms with Gasteiger partial charge in [-0.1, -0.05) is 93.3 Å². The first-order valence-electron chi connectivity index (χ1n) is 22.6. The summed E-state index contributed by atoms with van der Waals surface area (Å²) >= 11 is 0. The number of rotatable bonds is 16. The molecule has 2 aliphatic carbocycles. The third-order valence-corrected chi connectivity index (χ3v) is 12.4. The van der Waals surface area contributed by atoms with Crippen LogP contribution in [0.1, 0.15) is 142 Å². The standard InChI is InChI=1S/C19H21FN2O2.C17H20N2O2.C17H18N2O/c20-16-6-4-5-15(9-16)19(7-2-1-3-8-19)10-18-21-11-14(12-22-18)17(24)13-23;1-4-15(20)14-10-18-17(19-11-14)8-6-13-9-12(2)5-7-16(13)21-3;1-2-15(20)13-11-18-16(19-12-13)10-17(8-9-17)14-6-4-3-5-7-14/h4-6,9,11-12,23H,1-3,7-8,10,13H2;5,7,9-11H,4,6,8H2,1-3H3;3-7,11-12H,2,8-10H2,1H3. The normalized spacial score (nSPS) is 14.4. The van der Waals surface area contributed by atoms with E-state index in [1.807, 2.05) is 38.1 Å². The maximum atomic E-state index is 13.7. The molecule has 12 heteroatoms. The van der Waals surface area contributed by atoms with Crippen molar-refractivity contribution in [3.05, 3.63) is 172 Å². The molecule has 2 aliphatic rings. The second-order valence-corrected chi connectivity index (χ2v) is 17.0. The summed E-state index contributed by atoms with van der Waals surface area (Å²) in [4.78, 5) is 60.4. The van der Waals surface area contributed by atoms with Crippen LogP contribution in [0, 0.1) is 12.7 Å². The van der Waals surface area contributed by atoms with Crippen LogP contribution in [0.2, 0.25) is 0 Å². The maximum Gasteiger partial charge on any atom is 0.191 e. The van der Waals surface area contributed by atoms with Gasteiger partial charge in [0, 0.05) is 80.1 Å². The quantitative estimate of drug-likeness (QED) is 0.0923. The van der Waals surface area contributed by atoms with Crippen molar-refractivity contribution in [3.8, 4) is 5.75 Å². The van der Waals surface area contributed by atoms with Gasteiger partial charge in [0.2, 0.25) is 0 Å². The Morgan fingerprint density at radius 1 is 0.600 bits per heavy atom. The van der Waals surface area contributed by atoms with Crippen molar-refractivity contribution in [3.63, 3.8) is 0 Å². The number of aliphatic hydroxyl groups is 1. The molecule has 6 aromatic rings. The minimum atomic E-state index is -0.546. The lowest BCUT2D eigenvalue weighted by Gasteiger charge is -2.37. The van der Waals surface area contributed by atoms with Crippen molar-refractivity contribution in [1.82, 2.24) is 29.9 Å². The lowest BCUT2D eigenvalue weighted by atomic mass is 9.67. The number of hydrogen-bond acceptors (Lipinski definition) is 11. The number of nitrogens with zero attached hydrogens (tertiary/aromatic N) is 6. The SMILES string of the molecule is CCC(=O)c1cnc(CC2(c3ccccc3)CC2)nc1.CCC(=O)c1cnc(CCc2cc(C)ccc2OC)nc1.O=C(CO)c1cnc(CC2(c3cccc(F)c3)CCCCC2)nc1. The number of aryl methyl sites for hydroxylation is 3. The predicted molar refractivity (Wildman–Crippen MR) is 248 cm³/mol. The summed E-state index contributed by atoms with van der Waals surface area (Å²) in [6.07, 6.45) is 21.2. The first kappa shape index (κ1) is 48.1. The molecule has 2 saturated carbocycles. The molecule has 0 aliphatic heterocycles. The minimum absolute atomic E-state index is 0.0712. The summed E-state index contributed by atoms with van der Waals surface area (Å²) in [6.45, 7) is 5.20. The molecule has 8 rings (SSSR count). The molecule has 3 heterocycles. The molecular weight excluding hydrogens is 820 g/mol. The number of aliphatic hydroxyl groups excluding tert-OH is 1. The largest absolute Gasteiger partial charge is 0.496 e. The molecule has 0 saturated heterocycles. The van der Waals surface area contributed by atoms with Gasteiger partial charge in [0.05, 0.1) is 23.8 Å². The number of Topliss-reactive ketones (excluding diaryl/α,β-unsaturated/α-hetero) is 3. The molecule has 338 valence electrons. The van der Waals surface area contributed by atoms with Crippen molar-refractivity contribution < 1.29 is 28.6 Å². The predicted octanol–water partition coefficient (Wildman–Crippen LogP) is 9.75. The lowest BCUT2D eigenvalue weighted by Crippen LogP contribution is -2.32. The third kappa shape index (κ3) is 13.1. The topological polar surface area (TPSA) is 158 Å². The van der Waals surface area contributed by atoms with E-state index < -0.39 is 6.61 Å². The van der Waals surface area contributed by atoms with E-state index in [1.165, 1.54) is 48.8 Å². The van der Waals surface area contributed by atoms with E-state index in [0.717, 1.165) is 73.5 Å². The Bertz CT molecular complexity index is 2490. The van der Waals surface area contributed by atoms with Gasteiger partial charge in [0.15, 0.2) is 17.3 Å². The van der Waals surface area contributed by atoms with E-state index in [4.69, 9.17) is 9.84 Å². The van der Waals surface area contributed by atoms with Crippen LogP contribution < -0.4 is 4.74 Å². The van der Waals surface area contributed by atoms with Crippen LogP contribution in [0.15, 0.2) is 110 Å². The molecule has 3 aromatic carbocycles. The molecule has 1 N–H and O–H groups in total. The zero-order valence-corrected chi connectivity index (χ0v) is 37.9. The summed E-state index contributed by atoms with van der Waals surface area (Å²) < 4.78 is 19.1. The van der Waals surface area contributed by atoms with Gasteiger partial charge in [-0.25, -0.2) is 34.3 Å². The van der Waals surface area contributed by atoms with Crippen LogP contribution in [0.5, 0.6) is 5.75 Å². The first-order chi connectivity index (χ1) is 31.5. The maximum absolute atomic E-state index is 13.7. The van der Waals surface area contributed by atoms with Crippen LogP contribution >= 0.6 is 0 Å². The Hall–Kier alpha value is -6.40. The number of ether oxygens (including phenoxy) is 1. The van der Waals surface area contributed by atoms with Crippen LogP contribution in [-0.2, 0) is 36.5 Å². The number of carbonyl (C=O) groups excluding carboxylic acids is 3. The molecule has 0 radical (unpaired) electrons. The Morgan fingerprint density at radius 3 is 1.60 bits per heavy atom. The molecule has 65 heavy (non-hydrogen) atoms. The summed E-state index contributed by atoms with van der Waals surface area (Å²) in [5.74, 6) is 2.67. The fourth-order valence-electron chi connectivity index (χ4n) is 8.39. The molecule has 0 unspecified atom stereocenters. The minimum Gasteiger partial charge on any atom is -0.496 e. The van der Waals surface area contributed by atoms with Gasteiger partial charge in [-0.15, -0.1) is 0 Å². The van der Waals surface area contributed by atoms with Crippen molar-refractivity contribution in [2.45, 2.75) is 115 Å². The van der Waals surface area contributed by atoms with Crippen molar-refractivity contribution in [2.75, 3.05) is 13.7 Å². The fourth-order valence-corrected chi connectivity index (χ4v) is 8.39. The summed E-state index contributed by atoms with van der Waals surface area (Å²) in [6, 6.07) is 23.5. The van der Waals surface area contributed by atoms with Gasteiger partial charge >= 0.3 is 0 Å². The van der Waals surface area contributed by atoms with Crippen LogP contribution in [0.3, 0.4) is 0 Å². The second-order valence-electron chi connectivity index (χ2n) is 17.0. The van der Waals surface area contributed by atoms with Gasteiger partial charge < -0.3 is 9.84 Å². The Labute approximate surface area is 381 Å². The highest BCUT2D eigenvalue weighted by atomic mass is 19.1. The number of benzene rings is 3. The highest BCUT2D eigenvalue weighted by Crippen LogP contribution is 2.50. The molecular formula is C53H59FN6O5. The number of carbonyl (C=O) groups is 3. The monoisotopic (exact) mass is 878 g/mol. The van der Waals surface area contributed by atoms with E-state index >= 15 is 0 Å². The van der Waals surface area contributed by atoms with E-state index in [9.17, 15) is 18.8 Å². The van der Waals surface area contributed by atoms with Crippen molar-refractivity contribution >= 4 is 17.3 Å². The molecule has 0 amide bonds. The Balaban J connectivity index is 0.000000162. The van der Waals surface area contributed by atoms with Crippen LogP contribution in [0.4, 0.5) is 4.39 Å². The third-order valence-electron chi connectivity index (χ3n) is 12.4. The molecule has 2 fully saturated rings. The molecule has 0 bridgehead atoms. The Morgan fingerprint density at radius 2 is 1.11 bits per heavy atom. The van der Waals surface area contributed by atoms with Crippen LogP contribution in [0.25, 0.3) is 0 Å².